The van der Waals surface area contributed by atoms with Gasteiger partial charge in [-0.15, -0.1) is 0 Å². The first-order chi connectivity index (χ1) is 15.6. The topological polar surface area (TPSA) is 52.6 Å². The molecule has 0 amide bonds. The fraction of sp³-hybridized carbons (Fsp3) is 0.714. The van der Waals surface area contributed by atoms with Gasteiger partial charge in [-0.3, -0.25) is 9.59 Å². The van der Waals surface area contributed by atoms with Crippen LogP contribution in [-0.2, 0) is 4.79 Å². The van der Waals surface area contributed by atoms with Crippen LogP contribution in [0.15, 0.2) is 18.2 Å². The molecule has 1 rings (SSSR count). The van der Waals surface area contributed by atoms with Gasteiger partial charge in [0.2, 0.25) is 0 Å². The van der Waals surface area contributed by atoms with Crippen molar-refractivity contribution in [2.45, 2.75) is 124 Å². The molecule has 0 aromatic heterocycles. The fourth-order valence-electron chi connectivity index (χ4n) is 3.87. The van der Waals surface area contributed by atoms with Crippen LogP contribution in [0.2, 0.25) is 0 Å². The van der Waals surface area contributed by atoms with E-state index in [0.29, 0.717) is 30.1 Å². The molecule has 0 aliphatic rings. The predicted octanol–water partition coefficient (Wildman–Crippen LogP) is 8.45. The van der Waals surface area contributed by atoms with Gasteiger partial charge in [-0.2, -0.15) is 0 Å². The maximum Gasteiger partial charge on any atom is 0.308 e. The van der Waals surface area contributed by atoms with Gasteiger partial charge in [-0.05, 0) is 25.0 Å². The van der Waals surface area contributed by atoms with Crippen LogP contribution in [0.3, 0.4) is 0 Å². The highest BCUT2D eigenvalue weighted by Crippen LogP contribution is 2.27. The Labute approximate surface area is 196 Å². The summed E-state index contributed by atoms with van der Waals surface area (Å²) >= 11 is 0. The Bertz CT molecular complexity index is 638. The van der Waals surface area contributed by atoms with E-state index in [-0.39, 0.29) is 5.78 Å². The first kappa shape index (κ1) is 28.2. The van der Waals surface area contributed by atoms with E-state index in [9.17, 15) is 9.59 Å². The van der Waals surface area contributed by atoms with Gasteiger partial charge in [0.1, 0.15) is 11.5 Å². The second-order valence-corrected chi connectivity index (χ2v) is 8.87. The molecule has 0 N–H and O–H groups in total. The summed E-state index contributed by atoms with van der Waals surface area (Å²) in [6, 6.07) is 5.24. The molecule has 32 heavy (non-hydrogen) atoms. The fourth-order valence-corrected chi connectivity index (χ4v) is 3.87. The lowest BCUT2D eigenvalue weighted by Crippen LogP contribution is -2.08. The molecule has 0 saturated heterocycles. The van der Waals surface area contributed by atoms with Gasteiger partial charge >= 0.3 is 5.97 Å². The third-order valence-corrected chi connectivity index (χ3v) is 5.78. The van der Waals surface area contributed by atoms with E-state index < -0.39 is 5.97 Å². The molecule has 0 heterocycles. The summed E-state index contributed by atoms with van der Waals surface area (Å²) in [5.41, 5.74) is 0.478. The van der Waals surface area contributed by atoms with Gasteiger partial charge in [0.15, 0.2) is 5.78 Å². The van der Waals surface area contributed by atoms with Crippen LogP contribution >= 0.6 is 0 Å². The Hall–Kier alpha value is -1.84. The zero-order chi connectivity index (χ0) is 23.4. The number of ether oxygens (including phenoxy) is 2. The Balaban J connectivity index is 2.42. The van der Waals surface area contributed by atoms with Crippen LogP contribution in [0.4, 0.5) is 0 Å². The monoisotopic (exact) mass is 446 g/mol. The second kappa shape index (κ2) is 18.7. The third-order valence-electron chi connectivity index (χ3n) is 5.78. The summed E-state index contributed by atoms with van der Waals surface area (Å²) in [4.78, 5) is 24.3. The zero-order valence-corrected chi connectivity index (χ0v) is 20.9. The molecule has 0 atom stereocenters. The first-order valence-electron chi connectivity index (χ1n) is 13.1. The van der Waals surface area contributed by atoms with Crippen molar-refractivity contribution < 1.29 is 19.1 Å². The molecule has 4 heteroatoms. The summed E-state index contributed by atoms with van der Waals surface area (Å²) in [6.07, 6.45) is 18.7. The number of carbonyl (C=O) groups excluding carboxylic acids is 2. The number of ketones is 1. The van der Waals surface area contributed by atoms with Crippen molar-refractivity contribution in [1.29, 1.82) is 0 Å². The largest absolute Gasteiger partial charge is 0.493 e. The molecular weight excluding hydrogens is 400 g/mol. The van der Waals surface area contributed by atoms with Crippen LogP contribution in [-0.4, -0.2) is 18.4 Å². The summed E-state index contributed by atoms with van der Waals surface area (Å²) in [7, 11) is 0. The number of hydrogen-bond donors (Lipinski definition) is 0. The highest BCUT2D eigenvalue weighted by Gasteiger charge is 2.15. The zero-order valence-electron chi connectivity index (χ0n) is 20.9. The molecule has 0 saturated carbocycles. The third kappa shape index (κ3) is 13.5. The molecular formula is C28H46O4. The normalized spacial score (nSPS) is 10.8. The standard InChI is InChI=1S/C28H46O4/c1-4-6-8-10-12-13-14-15-17-19-27(30)26-21-20-25(23-28(26)32-24(3)29)31-22-18-16-11-9-7-5-2/h20-21,23H,4-19,22H2,1-3H3. The van der Waals surface area contributed by atoms with E-state index >= 15 is 0 Å². The van der Waals surface area contributed by atoms with E-state index in [1.807, 2.05) is 6.07 Å². The Morgan fingerprint density at radius 2 is 1.25 bits per heavy atom. The summed E-state index contributed by atoms with van der Waals surface area (Å²) in [5.74, 6) is 0.579. The Morgan fingerprint density at radius 3 is 1.81 bits per heavy atom. The van der Waals surface area contributed by atoms with Gasteiger partial charge in [0, 0.05) is 19.4 Å². The van der Waals surface area contributed by atoms with E-state index in [1.54, 1.807) is 12.1 Å². The van der Waals surface area contributed by atoms with Gasteiger partial charge in [0.05, 0.1) is 12.2 Å². The van der Waals surface area contributed by atoms with E-state index in [1.165, 1.54) is 77.6 Å². The van der Waals surface area contributed by atoms with E-state index in [0.717, 1.165) is 25.7 Å². The first-order valence-corrected chi connectivity index (χ1v) is 13.1. The Kier molecular flexibility index (Phi) is 16.5. The second-order valence-electron chi connectivity index (χ2n) is 8.87. The molecule has 0 aliphatic carbocycles. The Morgan fingerprint density at radius 1 is 0.719 bits per heavy atom. The minimum Gasteiger partial charge on any atom is -0.493 e. The lowest BCUT2D eigenvalue weighted by atomic mass is 10.0. The summed E-state index contributed by atoms with van der Waals surface area (Å²) in [6.45, 7) is 6.45. The van der Waals surface area contributed by atoms with Crippen molar-refractivity contribution in [2.75, 3.05) is 6.61 Å². The van der Waals surface area contributed by atoms with Crippen molar-refractivity contribution in [3.05, 3.63) is 23.8 Å². The quantitative estimate of drug-likeness (QED) is 0.0872. The molecule has 0 spiro atoms. The number of esters is 1. The van der Waals surface area contributed by atoms with Crippen LogP contribution in [0, 0.1) is 0 Å². The predicted molar refractivity (Wildman–Crippen MR) is 133 cm³/mol. The molecule has 4 nitrogen and oxygen atoms in total. The number of Topliss-reactive ketones (excluding diaryl/α,β-unsaturated/α-hetero) is 1. The molecule has 0 radical (unpaired) electrons. The lowest BCUT2D eigenvalue weighted by Gasteiger charge is -2.12. The minimum atomic E-state index is -0.421. The number of benzene rings is 1. The lowest BCUT2D eigenvalue weighted by molar-refractivity contribution is -0.131. The molecule has 0 bridgehead atoms. The molecule has 0 unspecified atom stereocenters. The van der Waals surface area contributed by atoms with Crippen molar-refractivity contribution in [2.24, 2.45) is 0 Å². The van der Waals surface area contributed by atoms with Gasteiger partial charge in [0.25, 0.3) is 0 Å². The molecule has 1 aromatic carbocycles. The maximum atomic E-state index is 12.7. The SMILES string of the molecule is CCCCCCCCCCCC(=O)c1ccc(OCCCCCCCC)cc1OC(C)=O. The van der Waals surface area contributed by atoms with Crippen LogP contribution in [0.1, 0.15) is 134 Å². The highest BCUT2D eigenvalue weighted by atomic mass is 16.5. The molecule has 0 aliphatic heterocycles. The summed E-state index contributed by atoms with van der Waals surface area (Å²) < 4.78 is 11.2. The molecule has 1 aromatic rings. The molecule has 0 fully saturated rings. The average Bonchev–Trinajstić information content (AvgIpc) is 2.77. The molecule has 182 valence electrons. The van der Waals surface area contributed by atoms with E-state index in [4.69, 9.17) is 9.47 Å². The van der Waals surface area contributed by atoms with Crippen molar-refractivity contribution in [3.8, 4) is 11.5 Å². The highest BCUT2D eigenvalue weighted by molar-refractivity contribution is 5.99. The summed E-state index contributed by atoms with van der Waals surface area (Å²) in [5, 5.41) is 0. The maximum absolute atomic E-state index is 12.7. The smallest absolute Gasteiger partial charge is 0.308 e. The average molecular weight is 447 g/mol. The van der Waals surface area contributed by atoms with Crippen LogP contribution in [0.5, 0.6) is 11.5 Å². The van der Waals surface area contributed by atoms with Gasteiger partial charge in [-0.25, -0.2) is 0 Å². The number of rotatable bonds is 20. The van der Waals surface area contributed by atoms with E-state index in [2.05, 4.69) is 13.8 Å². The van der Waals surface area contributed by atoms with Crippen molar-refractivity contribution >= 4 is 11.8 Å². The number of unbranched alkanes of at least 4 members (excludes halogenated alkanes) is 13. The van der Waals surface area contributed by atoms with Gasteiger partial charge in [-0.1, -0.05) is 97.3 Å². The van der Waals surface area contributed by atoms with Crippen molar-refractivity contribution in [1.82, 2.24) is 0 Å². The van der Waals surface area contributed by atoms with Crippen LogP contribution < -0.4 is 9.47 Å². The number of carbonyl (C=O) groups is 2. The van der Waals surface area contributed by atoms with Crippen LogP contribution in [0.25, 0.3) is 0 Å². The van der Waals surface area contributed by atoms with Gasteiger partial charge < -0.3 is 9.47 Å². The number of hydrogen-bond acceptors (Lipinski definition) is 4. The van der Waals surface area contributed by atoms with Crippen molar-refractivity contribution in [3.63, 3.8) is 0 Å². The minimum absolute atomic E-state index is 0.0340.